The Hall–Kier alpha value is -2.35. The Morgan fingerprint density at radius 3 is 2.72 bits per heavy atom. The molecule has 5 heteroatoms. The van der Waals surface area contributed by atoms with Gasteiger partial charge in [0.05, 0.1) is 11.0 Å². The molecule has 0 fully saturated rings. The molecule has 0 bridgehead atoms. The second kappa shape index (κ2) is 5.82. The first-order chi connectivity index (χ1) is 8.47. The van der Waals surface area contributed by atoms with Crippen LogP contribution in [0.3, 0.4) is 0 Å². The van der Waals surface area contributed by atoms with E-state index in [1.165, 1.54) is 12.1 Å². The highest BCUT2D eigenvalue weighted by atomic mass is 16.6. The van der Waals surface area contributed by atoms with Crippen LogP contribution in [0.5, 0.6) is 0 Å². The Bertz CT molecular complexity index is 517. The minimum Gasteiger partial charge on any atom is -0.338 e. The number of carbonyl (C=O) groups excluding carboxylic acids is 1. The molecule has 1 amide bonds. The van der Waals surface area contributed by atoms with E-state index in [1.54, 1.807) is 13.0 Å². The highest BCUT2D eigenvalue weighted by molar-refractivity contribution is 5.95. The molecule has 1 rings (SSSR count). The van der Waals surface area contributed by atoms with Crippen molar-refractivity contribution in [2.45, 2.75) is 26.3 Å². The van der Waals surface area contributed by atoms with Crippen LogP contribution in [0.25, 0.3) is 0 Å². The fourth-order valence-electron chi connectivity index (χ4n) is 1.50. The third kappa shape index (κ3) is 3.32. The maximum Gasteiger partial charge on any atom is 0.270 e. The Morgan fingerprint density at radius 2 is 2.22 bits per heavy atom. The average molecular weight is 246 g/mol. The third-order valence-electron chi connectivity index (χ3n) is 2.45. The van der Waals surface area contributed by atoms with E-state index >= 15 is 0 Å². The highest BCUT2D eigenvalue weighted by Gasteiger charge is 2.15. The van der Waals surface area contributed by atoms with E-state index < -0.39 is 10.8 Å². The summed E-state index contributed by atoms with van der Waals surface area (Å²) in [5.74, 6) is 2.04. The summed E-state index contributed by atoms with van der Waals surface area (Å²) in [7, 11) is 0. The predicted molar refractivity (Wildman–Crippen MR) is 68.2 cm³/mol. The molecule has 5 nitrogen and oxygen atoms in total. The van der Waals surface area contributed by atoms with E-state index in [1.807, 2.05) is 6.92 Å². The van der Waals surface area contributed by atoms with Crippen LogP contribution in [0.4, 0.5) is 5.69 Å². The van der Waals surface area contributed by atoms with Crippen molar-refractivity contribution in [3.63, 3.8) is 0 Å². The van der Waals surface area contributed by atoms with Crippen LogP contribution in [0.15, 0.2) is 18.2 Å². The average Bonchev–Trinajstić information content (AvgIpc) is 2.34. The number of non-ortho nitro benzene ring substituents is 1. The van der Waals surface area contributed by atoms with Crippen LogP contribution in [-0.2, 0) is 0 Å². The maximum atomic E-state index is 11.9. The molecule has 0 spiro atoms. The molecule has 0 heterocycles. The zero-order valence-corrected chi connectivity index (χ0v) is 10.3. The molecule has 18 heavy (non-hydrogen) atoms. The van der Waals surface area contributed by atoms with Gasteiger partial charge in [0.25, 0.3) is 11.6 Å². The van der Waals surface area contributed by atoms with E-state index in [9.17, 15) is 14.9 Å². The number of nitro groups is 1. The second-order valence-electron chi connectivity index (χ2n) is 3.92. The van der Waals surface area contributed by atoms with Crippen LogP contribution < -0.4 is 5.32 Å². The maximum absolute atomic E-state index is 11.9. The quantitative estimate of drug-likeness (QED) is 0.502. The van der Waals surface area contributed by atoms with Gasteiger partial charge in [-0.1, -0.05) is 12.8 Å². The Morgan fingerprint density at radius 1 is 1.56 bits per heavy atom. The van der Waals surface area contributed by atoms with E-state index in [0.29, 0.717) is 12.0 Å². The Labute approximate surface area is 105 Å². The smallest absolute Gasteiger partial charge is 0.270 e. The molecule has 1 atom stereocenters. The number of nitrogens with zero attached hydrogens (tertiary/aromatic N) is 1. The van der Waals surface area contributed by atoms with Gasteiger partial charge in [0.2, 0.25) is 0 Å². The predicted octanol–water partition coefficient (Wildman–Crippen LogP) is 2.04. The molecule has 94 valence electrons. The van der Waals surface area contributed by atoms with E-state index in [-0.39, 0.29) is 17.3 Å². The number of amides is 1. The fourth-order valence-corrected chi connectivity index (χ4v) is 1.50. The van der Waals surface area contributed by atoms with E-state index in [2.05, 4.69) is 11.2 Å². The third-order valence-corrected chi connectivity index (χ3v) is 2.45. The Balaban J connectivity index is 2.99. The topological polar surface area (TPSA) is 72.2 Å². The molecule has 0 aromatic heterocycles. The molecule has 1 aromatic carbocycles. The van der Waals surface area contributed by atoms with Gasteiger partial charge in [0.1, 0.15) is 0 Å². The molecule has 1 N–H and O–H groups in total. The van der Waals surface area contributed by atoms with Crippen molar-refractivity contribution < 1.29 is 9.72 Å². The number of hydrogen-bond donors (Lipinski definition) is 1. The van der Waals surface area contributed by atoms with Gasteiger partial charge in [-0.05, 0) is 25.0 Å². The van der Waals surface area contributed by atoms with Gasteiger partial charge < -0.3 is 5.32 Å². The molecular formula is C13H14N2O3. The normalized spacial score (nSPS) is 11.4. The molecule has 0 radical (unpaired) electrons. The fraction of sp³-hybridized carbons (Fsp3) is 0.308. The number of carbonyl (C=O) groups is 1. The van der Waals surface area contributed by atoms with E-state index in [0.717, 1.165) is 0 Å². The highest BCUT2D eigenvalue weighted by Crippen LogP contribution is 2.16. The van der Waals surface area contributed by atoms with Crippen molar-refractivity contribution in [2.24, 2.45) is 0 Å². The lowest BCUT2D eigenvalue weighted by Gasteiger charge is -2.10. The summed E-state index contributed by atoms with van der Waals surface area (Å²) >= 11 is 0. The molecule has 1 aromatic rings. The number of nitrogens with one attached hydrogen (secondary N) is 1. The second-order valence-corrected chi connectivity index (χ2v) is 3.92. The summed E-state index contributed by atoms with van der Waals surface area (Å²) in [6, 6.07) is 3.88. The lowest BCUT2D eigenvalue weighted by atomic mass is 10.1. The summed E-state index contributed by atoms with van der Waals surface area (Å²) in [4.78, 5) is 22.0. The number of aryl methyl sites for hydroxylation is 1. The summed E-state index contributed by atoms with van der Waals surface area (Å²) in [6.45, 7) is 3.55. The lowest BCUT2D eigenvalue weighted by Crippen LogP contribution is -2.33. The van der Waals surface area contributed by atoms with Crippen LogP contribution in [0.1, 0.15) is 29.3 Å². The van der Waals surface area contributed by atoms with Crippen LogP contribution in [-0.4, -0.2) is 16.9 Å². The van der Waals surface area contributed by atoms with Crippen LogP contribution in [0, 0.1) is 29.4 Å². The number of hydrogen-bond acceptors (Lipinski definition) is 3. The number of rotatable bonds is 4. The van der Waals surface area contributed by atoms with Gasteiger partial charge in [-0.25, -0.2) is 0 Å². The first-order valence-electron chi connectivity index (χ1n) is 5.51. The first-order valence-corrected chi connectivity index (χ1v) is 5.51. The summed E-state index contributed by atoms with van der Waals surface area (Å²) < 4.78 is 0. The minimum absolute atomic E-state index is 0.103. The van der Waals surface area contributed by atoms with Crippen molar-refractivity contribution in [2.75, 3.05) is 0 Å². The number of terminal acetylenes is 1. The van der Waals surface area contributed by atoms with Gasteiger partial charge in [-0.15, -0.1) is 6.42 Å². The number of nitro benzene ring substituents is 1. The molecule has 1 unspecified atom stereocenters. The van der Waals surface area contributed by atoms with Crippen molar-refractivity contribution in [3.05, 3.63) is 39.4 Å². The standard InChI is InChI=1S/C13H14N2O3/c1-4-11(5-2)14-13(16)10-6-9(3)7-12(8-10)15(17)18/h1,6-8,11H,5H2,2-3H3,(H,14,16). The van der Waals surface area contributed by atoms with E-state index in [4.69, 9.17) is 6.42 Å². The molecule has 0 aliphatic rings. The van der Waals surface area contributed by atoms with Gasteiger partial charge in [-0.2, -0.15) is 0 Å². The van der Waals surface area contributed by atoms with Gasteiger partial charge in [0, 0.05) is 17.7 Å². The summed E-state index contributed by atoms with van der Waals surface area (Å²) in [6.07, 6.45) is 5.85. The summed E-state index contributed by atoms with van der Waals surface area (Å²) in [5.41, 5.74) is 0.799. The minimum atomic E-state index is -0.526. The van der Waals surface area contributed by atoms with Gasteiger partial charge in [-0.3, -0.25) is 14.9 Å². The monoisotopic (exact) mass is 246 g/mol. The Kier molecular flexibility index (Phi) is 4.44. The van der Waals surface area contributed by atoms with Crippen molar-refractivity contribution in [1.29, 1.82) is 0 Å². The summed E-state index contributed by atoms with van der Waals surface area (Å²) in [5, 5.41) is 13.3. The zero-order valence-electron chi connectivity index (χ0n) is 10.3. The van der Waals surface area contributed by atoms with Crippen LogP contribution >= 0.6 is 0 Å². The van der Waals surface area contributed by atoms with Gasteiger partial charge in [0.15, 0.2) is 0 Å². The van der Waals surface area contributed by atoms with Crippen molar-refractivity contribution >= 4 is 11.6 Å². The first kappa shape index (κ1) is 13.7. The largest absolute Gasteiger partial charge is 0.338 e. The van der Waals surface area contributed by atoms with Crippen molar-refractivity contribution in [3.8, 4) is 12.3 Å². The van der Waals surface area contributed by atoms with Gasteiger partial charge >= 0.3 is 0 Å². The zero-order chi connectivity index (χ0) is 13.7. The molecule has 0 saturated heterocycles. The SMILES string of the molecule is C#CC(CC)NC(=O)c1cc(C)cc([N+](=O)[O-])c1. The lowest BCUT2D eigenvalue weighted by molar-refractivity contribution is -0.384. The molecule has 0 aliphatic heterocycles. The molecule has 0 saturated carbocycles. The molecular weight excluding hydrogens is 232 g/mol. The van der Waals surface area contributed by atoms with Crippen LogP contribution in [0.2, 0.25) is 0 Å². The number of benzene rings is 1. The molecule has 0 aliphatic carbocycles. The van der Waals surface area contributed by atoms with Crippen molar-refractivity contribution in [1.82, 2.24) is 5.32 Å².